The number of carbonyl (C=O) groups is 2. The molecular weight excluding hydrogens is 580 g/mol. The van der Waals surface area contributed by atoms with E-state index in [1.54, 1.807) is 0 Å². The zero-order valence-corrected chi connectivity index (χ0v) is 22.3. The number of likely N-dealkylation sites (tertiary alicyclic amines) is 1. The summed E-state index contributed by atoms with van der Waals surface area (Å²) in [6.45, 7) is 6.58. The zero-order chi connectivity index (χ0) is 31.1. The summed E-state index contributed by atoms with van der Waals surface area (Å²) in [7, 11) is 1.97. The van der Waals surface area contributed by atoms with Crippen LogP contribution in [-0.4, -0.2) is 103 Å². The van der Waals surface area contributed by atoms with E-state index in [0.717, 1.165) is 70.3 Å². The molecule has 2 N–H and O–H groups in total. The van der Waals surface area contributed by atoms with Crippen LogP contribution in [0.2, 0.25) is 0 Å². The Bertz CT molecular complexity index is 1310. The molecule has 18 heteroatoms. The number of aromatic nitrogens is 5. The monoisotopic (exact) mass is 609 g/mol. The number of nitrogens with zero attached hydrogens (tertiary/aromatic N) is 7. The third kappa shape index (κ3) is 9.57. The number of aryl methyl sites for hydroxylation is 1. The summed E-state index contributed by atoms with van der Waals surface area (Å²) in [4.78, 5) is 27.5. The minimum Gasteiger partial charge on any atom is -0.475 e. The summed E-state index contributed by atoms with van der Waals surface area (Å²) in [5.74, 6) is -4.09. The second-order valence-corrected chi connectivity index (χ2v) is 9.44. The van der Waals surface area contributed by atoms with Gasteiger partial charge in [-0.3, -0.25) is 9.58 Å². The Balaban J connectivity index is 0.000000289. The highest BCUT2D eigenvalue weighted by Gasteiger charge is 2.38. The number of halogens is 6. The number of hydrogen-bond acceptors (Lipinski definition) is 8. The zero-order valence-electron chi connectivity index (χ0n) is 22.3. The molecule has 232 valence electrons. The van der Waals surface area contributed by atoms with Gasteiger partial charge >= 0.3 is 24.3 Å². The van der Waals surface area contributed by atoms with Crippen LogP contribution in [0.3, 0.4) is 0 Å². The molecule has 5 rings (SSSR count). The van der Waals surface area contributed by atoms with Crippen molar-refractivity contribution in [3.05, 3.63) is 42.1 Å². The molecule has 0 aromatic carbocycles. The highest BCUT2D eigenvalue weighted by Crippen LogP contribution is 2.27. The maximum Gasteiger partial charge on any atom is 0.490 e. The molecule has 2 aliphatic rings. The van der Waals surface area contributed by atoms with Gasteiger partial charge in [-0.2, -0.15) is 36.5 Å². The maximum absolute atomic E-state index is 10.6. The Hall–Kier alpha value is -3.93. The summed E-state index contributed by atoms with van der Waals surface area (Å²) < 4.78 is 72.7. The lowest BCUT2D eigenvalue weighted by Gasteiger charge is -2.30. The van der Waals surface area contributed by atoms with E-state index < -0.39 is 24.3 Å². The van der Waals surface area contributed by atoms with Crippen LogP contribution in [0.25, 0.3) is 5.65 Å². The van der Waals surface area contributed by atoms with E-state index in [4.69, 9.17) is 34.6 Å². The Morgan fingerprint density at radius 1 is 0.952 bits per heavy atom. The van der Waals surface area contributed by atoms with Crippen molar-refractivity contribution in [1.29, 1.82) is 0 Å². The summed E-state index contributed by atoms with van der Waals surface area (Å²) in [5, 5.41) is 23.3. The number of morpholine rings is 1. The van der Waals surface area contributed by atoms with E-state index in [0.29, 0.717) is 5.92 Å². The van der Waals surface area contributed by atoms with Gasteiger partial charge < -0.3 is 19.8 Å². The average molecular weight is 610 g/mol. The van der Waals surface area contributed by atoms with E-state index in [1.165, 1.54) is 11.3 Å². The predicted octanol–water partition coefficient (Wildman–Crippen LogP) is 2.95. The van der Waals surface area contributed by atoms with E-state index in [1.807, 2.05) is 22.4 Å². The number of rotatable bonds is 4. The number of hydrogen-bond donors (Lipinski definition) is 2. The predicted molar refractivity (Wildman–Crippen MR) is 134 cm³/mol. The molecule has 2 aliphatic heterocycles. The number of fused-ring (bicyclic) bond motifs is 1. The van der Waals surface area contributed by atoms with E-state index in [9.17, 15) is 26.3 Å². The van der Waals surface area contributed by atoms with Gasteiger partial charge in [0.1, 0.15) is 0 Å². The fraction of sp³-hybridized carbons (Fsp3) is 0.542. The van der Waals surface area contributed by atoms with Gasteiger partial charge in [0.15, 0.2) is 11.5 Å². The second-order valence-electron chi connectivity index (χ2n) is 9.44. The van der Waals surface area contributed by atoms with Crippen molar-refractivity contribution >= 4 is 23.3 Å². The van der Waals surface area contributed by atoms with Gasteiger partial charge in [0.05, 0.1) is 31.3 Å². The second kappa shape index (κ2) is 13.8. The van der Waals surface area contributed by atoms with Gasteiger partial charge in [-0.1, -0.05) is 0 Å². The van der Waals surface area contributed by atoms with Crippen LogP contribution in [0.15, 0.2) is 30.7 Å². The van der Waals surface area contributed by atoms with Gasteiger partial charge in [-0.25, -0.2) is 19.1 Å². The topological polar surface area (TPSA) is 138 Å². The van der Waals surface area contributed by atoms with Crippen LogP contribution >= 0.6 is 0 Å². The Morgan fingerprint density at radius 3 is 2.02 bits per heavy atom. The van der Waals surface area contributed by atoms with Crippen molar-refractivity contribution in [2.75, 3.05) is 44.3 Å². The lowest BCUT2D eigenvalue weighted by molar-refractivity contribution is -0.193. The van der Waals surface area contributed by atoms with Crippen molar-refractivity contribution < 1.29 is 50.9 Å². The van der Waals surface area contributed by atoms with Gasteiger partial charge in [0, 0.05) is 44.4 Å². The molecule has 2 saturated heterocycles. The first-order chi connectivity index (χ1) is 19.6. The number of ether oxygens (including phenoxy) is 1. The van der Waals surface area contributed by atoms with E-state index in [-0.39, 0.29) is 0 Å². The lowest BCUT2D eigenvalue weighted by Crippen LogP contribution is -2.36. The Morgan fingerprint density at radius 2 is 1.52 bits per heavy atom. The fourth-order valence-electron chi connectivity index (χ4n) is 4.23. The van der Waals surface area contributed by atoms with Crippen LogP contribution in [-0.2, 0) is 27.9 Å². The molecule has 5 heterocycles. The molecular formula is C24H29F6N7O5. The normalized spacial score (nSPS) is 16.8. The molecule has 0 amide bonds. The molecule has 0 atom stereocenters. The first-order valence-corrected chi connectivity index (χ1v) is 12.6. The number of piperidine rings is 1. The van der Waals surface area contributed by atoms with Crippen molar-refractivity contribution in [3.63, 3.8) is 0 Å². The molecule has 0 spiro atoms. The quantitative estimate of drug-likeness (QED) is 0.425. The third-order valence-corrected chi connectivity index (χ3v) is 6.31. The number of anilines is 1. The standard InChI is InChI=1S/C20H27N7O.2C2HF3O2/c1-24-13-16(12-21-24)14-25-6-4-17(5-7-25)20-22-19-3-2-18(15-27(19)23-20)26-8-10-28-11-9-26;2*3-2(4,5)1(6)7/h2-3,12-13,15,17H,4-11,14H2,1H3;2*(H,6,7). The van der Waals surface area contributed by atoms with E-state index >= 15 is 0 Å². The molecule has 0 unspecified atom stereocenters. The minimum atomic E-state index is -5.08. The number of carboxylic acid groups (broad SMARTS) is 2. The summed E-state index contributed by atoms with van der Waals surface area (Å²) >= 11 is 0. The Labute approximate surface area is 235 Å². The summed E-state index contributed by atoms with van der Waals surface area (Å²) in [6, 6.07) is 4.23. The van der Waals surface area contributed by atoms with Crippen molar-refractivity contribution in [1.82, 2.24) is 29.3 Å². The van der Waals surface area contributed by atoms with Crippen LogP contribution in [0.5, 0.6) is 0 Å². The average Bonchev–Trinajstić information content (AvgIpc) is 3.54. The fourth-order valence-corrected chi connectivity index (χ4v) is 4.23. The minimum absolute atomic E-state index is 0.442. The SMILES string of the molecule is Cn1cc(CN2CCC(c3nc4ccc(N5CCOCC5)cn4n3)CC2)cn1.O=C(O)C(F)(F)F.O=C(O)C(F)(F)F. The van der Waals surface area contributed by atoms with Crippen LogP contribution in [0.4, 0.5) is 32.0 Å². The molecule has 0 aliphatic carbocycles. The highest BCUT2D eigenvalue weighted by molar-refractivity contribution is 5.73. The molecule has 2 fully saturated rings. The third-order valence-electron chi connectivity index (χ3n) is 6.31. The number of carboxylic acids is 2. The molecule has 3 aromatic rings. The van der Waals surface area contributed by atoms with Gasteiger partial charge in [-0.05, 0) is 38.1 Å². The van der Waals surface area contributed by atoms with Crippen molar-refractivity contribution in [2.45, 2.75) is 37.7 Å². The summed E-state index contributed by atoms with van der Waals surface area (Å²) in [6.07, 6.45) is -1.79. The molecule has 0 saturated carbocycles. The number of aliphatic carboxylic acids is 2. The lowest BCUT2D eigenvalue weighted by atomic mass is 9.96. The van der Waals surface area contributed by atoms with Crippen LogP contribution in [0.1, 0.15) is 30.1 Å². The van der Waals surface area contributed by atoms with Gasteiger partial charge in [-0.15, -0.1) is 0 Å². The summed E-state index contributed by atoms with van der Waals surface area (Å²) in [5.41, 5.74) is 3.41. The van der Waals surface area contributed by atoms with Gasteiger partial charge in [0.25, 0.3) is 0 Å². The van der Waals surface area contributed by atoms with Crippen LogP contribution < -0.4 is 4.90 Å². The largest absolute Gasteiger partial charge is 0.490 e. The smallest absolute Gasteiger partial charge is 0.475 e. The first-order valence-electron chi connectivity index (χ1n) is 12.6. The van der Waals surface area contributed by atoms with Crippen molar-refractivity contribution in [3.8, 4) is 0 Å². The molecule has 3 aromatic heterocycles. The maximum atomic E-state index is 10.6. The first kappa shape index (κ1) is 32.6. The molecule has 0 radical (unpaired) electrons. The molecule has 42 heavy (non-hydrogen) atoms. The van der Waals surface area contributed by atoms with Crippen LogP contribution in [0, 0.1) is 0 Å². The number of alkyl halides is 6. The highest BCUT2D eigenvalue weighted by atomic mass is 19.4. The Kier molecular flexibility index (Phi) is 10.7. The number of pyridine rings is 1. The molecule has 0 bridgehead atoms. The van der Waals surface area contributed by atoms with Gasteiger partial charge in [0.2, 0.25) is 0 Å². The van der Waals surface area contributed by atoms with E-state index in [2.05, 4.69) is 39.4 Å². The molecule has 12 nitrogen and oxygen atoms in total. The van der Waals surface area contributed by atoms with Crippen molar-refractivity contribution in [2.24, 2.45) is 7.05 Å².